The molecule has 1 saturated carbocycles. The number of pyridine rings is 1. The summed E-state index contributed by atoms with van der Waals surface area (Å²) in [5.74, 6) is -1.05. The summed E-state index contributed by atoms with van der Waals surface area (Å²) in [5, 5.41) is 14.6. The van der Waals surface area contributed by atoms with Crippen LogP contribution in [0.5, 0.6) is 0 Å². The van der Waals surface area contributed by atoms with Crippen LogP contribution < -0.4 is 10.6 Å². The standard InChI is InChI=1S/C15H21N3O3/c1-10-5-6-11(7-16-10)8-17-15(21)18-9-12-3-2-4-13(12)14(19)20/h5-7,12-13H,2-4,8-9H2,1H3,(H,19,20)(H2,17,18,21). The molecule has 6 nitrogen and oxygen atoms in total. The number of aromatic nitrogens is 1. The van der Waals surface area contributed by atoms with Gasteiger partial charge in [0.05, 0.1) is 5.92 Å². The van der Waals surface area contributed by atoms with Gasteiger partial charge in [-0.05, 0) is 37.3 Å². The predicted octanol–water partition coefficient (Wildman–Crippen LogP) is 1.69. The molecule has 0 bridgehead atoms. The molecule has 1 fully saturated rings. The number of rotatable bonds is 5. The van der Waals surface area contributed by atoms with Crippen molar-refractivity contribution in [2.45, 2.75) is 32.7 Å². The summed E-state index contributed by atoms with van der Waals surface area (Å²) in [6.07, 6.45) is 4.21. The summed E-state index contributed by atoms with van der Waals surface area (Å²) in [5.41, 5.74) is 1.86. The number of carbonyl (C=O) groups excluding carboxylic acids is 1. The first-order chi connectivity index (χ1) is 10.1. The highest BCUT2D eigenvalue weighted by atomic mass is 16.4. The van der Waals surface area contributed by atoms with Crippen molar-refractivity contribution in [2.75, 3.05) is 6.54 Å². The molecule has 0 aromatic carbocycles. The van der Waals surface area contributed by atoms with E-state index >= 15 is 0 Å². The molecule has 1 aliphatic rings. The van der Waals surface area contributed by atoms with Crippen molar-refractivity contribution in [1.82, 2.24) is 15.6 Å². The molecule has 6 heteroatoms. The van der Waals surface area contributed by atoms with Gasteiger partial charge in [-0.3, -0.25) is 9.78 Å². The molecule has 2 unspecified atom stereocenters. The third kappa shape index (κ3) is 4.44. The van der Waals surface area contributed by atoms with Crippen LogP contribution in [-0.4, -0.2) is 28.6 Å². The zero-order valence-electron chi connectivity index (χ0n) is 12.1. The quantitative estimate of drug-likeness (QED) is 0.770. The molecule has 0 spiro atoms. The van der Waals surface area contributed by atoms with Crippen molar-refractivity contribution in [3.8, 4) is 0 Å². The monoisotopic (exact) mass is 291 g/mol. The van der Waals surface area contributed by atoms with E-state index in [0.29, 0.717) is 19.5 Å². The Morgan fingerprint density at radius 1 is 1.33 bits per heavy atom. The highest BCUT2D eigenvalue weighted by Gasteiger charge is 2.32. The van der Waals surface area contributed by atoms with Crippen molar-refractivity contribution in [1.29, 1.82) is 0 Å². The number of amides is 2. The summed E-state index contributed by atoms with van der Waals surface area (Å²) >= 11 is 0. The molecule has 21 heavy (non-hydrogen) atoms. The molecule has 0 radical (unpaired) electrons. The van der Waals surface area contributed by atoms with Crippen LogP contribution >= 0.6 is 0 Å². The fourth-order valence-electron chi connectivity index (χ4n) is 2.68. The molecule has 1 heterocycles. The number of hydrogen-bond acceptors (Lipinski definition) is 3. The van der Waals surface area contributed by atoms with Crippen LogP contribution in [0.2, 0.25) is 0 Å². The van der Waals surface area contributed by atoms with Gasteiger partial charge in [0.1, 0.15) is 0 Å². The smallest absolute Gasteiger partial charge is 0.315 e. The summed E-state index contributed by atoms with van der Waals surface area (Å²) in [7, 11) is 0. The van der Waals surface area contributed by atoms with E-state index in [0.717, 1.165) is 24.1 Å². The maximum Gasteiger partial charge on any atom is 0.315 e. The van der Waals surface area contributed by atoms with Gasteiger partial charge in [-0.25, -0.2) is 4.79 Å². The van der Waals surface area contributed by atoms with Gasteiger partial charge < -0.3 is 15.7 Å². The van der Waals surface area contributed by atoms with E-state index < -0.39 is 5.97 Å². The largest absolute Gasteiger partial charge is 0.481 e. The van der Waals surface area contributed by atoms with E-state index in [1.54, 1.807) is 6.20 Å². The van der Waals surface area contributed by atoms with Crippen LogP contribution in [0.1, 0.15) is 30.5 Å². The third-order valence-corrected chi connectivity index (χ3v) is 3.93. The fraction of sp³-hybridized carbons (Fsp3) is 0.533. The van der Waals surface area contributed by atoms with Crippen molar-refractivity contribution < 1.29 is 14.7 Å². The molecule has 2 amide bonds. The molecule has 1 aliphatic carbocycles. The van der Waals surface area contributed by atoms with Gasteiger partial charge in [0.15, 0.2) is 0 Å². The number of carboxylic acids is 1. The normalized spacial score (nSPS) is 21.0. The lowest BCUT2D eigenvalue weighted by atomic mass is 9.96. The summed E-state index contributed by atoms with van der Waals surface area (Å²) in [6, 6.07) is 3.54. The highest BCUT2D eigenvalue weighted by Crippen LogP contribution is 2.31. The number of urea groups is 1. The number of aryl methyl sites for hydroxylation is 1. The minimum atomic E-state index is -0.759. The zero-order chi connectivity index (χ0) is 15.2. The average Bonchev–Trinajstić information content (AvgIpc) is 2.93. The van der Waals surface area contributed by atoms with Gasteiger partial charge in [-0.1, -0.05) is 12.5 Å². The van der Waals surface area contributed by atoms with Gasteiger partial charge in [0, 0.05) is 25.0 Å². The zero-order valence-corrected chi connectivity index (χ0v) is 12.1. The van der Waals surface area contributed by atoms with E-state index in [-0.39, 0.29) is 17.9 Å². The van der Waals surface area contributed by atoms with E-state index in [1.165, 1.54) is 0 Å². The maximum atomic E-state index is 11.7. The van der Waals surface area contributed by atoms with E-state index in [9.17, 15) is 9.59 Å². The first-order valence-corrected chi connectivity index (χ1v) is 7.22. The molecule has 1 aromatic heterocycles. The Morgan fingerprint density at radius 3 is 2.81 bits per heavy atom. The van der Waals surface area contributed by atoms with Gasteiger partial charge in [-0.2, -0.15) is 0 Å². The minimum absolute atomic E-state index is 0.0364. The molecule has 2 atom stereocenters. The first-order valence-electron chi connectivity index (χ1n) is 7.22. The fourth-order valence-corrected chi connectivity index (χ4v) is 2.68. The maximum absolute atomic E-state index is 11.7. The number of carbonyl (C=O) groups is 2. The lowest BCUT2D eigenvalue weighted by Gasteiger charge is -2.16. The number of hydrogen-bond donors (Lipinski definition) is 3. The number of aliphatic carboxylic acids is 1. The van der Waals surface area contributed by atoms with Crippen molar-refractivity contribution in [3.63, 3.8) is 0 Å². The molecule has 3 N–H and O–H groups in total. The highest BCUT2D eigenvalue weighted by molar-refractivity contribution is 5.74. The molecule has 1 aromatic rings. The minimum Gasteiger partial charge on any atom is -0.481 e. The Hall–Kier alpha value is -2.11. The van der Waals surface area contributed by atoms with Gasteiger partial charge in [-0.15, -0.1) is 0 Å². The van der Waals surface area contributed by atoms with Crippen LogP contribution in [-0.2, 0) is 11.3 Å². The Kier molecular flexibility index (Phi) is 5.14. The van der Waals surface area contributed by atoms with Gasteiger partial charge >= 0.3 is 12.0 Å². The summed E-state index contributed by atoms with van der Waals surface area (Å²) in [4.78, 5) is 26.9. The second kappa shape index (κ2) is 7.06. The Balaban J connectivity index is 1.72. The molecular weight excluding hydrogens is 270 g/mol. The van der Waals surface area contributed by atoms with E-state index in [1.807, 2.05) is 19.1 Å². The molecular formula is C15H21N3O3. The van der Waals surface area contributed by atoms with Crippen LogP contribution in [0.15, 0.2) is 18.3 Å². The van der Waals surface area contributed by atoms with Crippen LogP contribution in [0.25, 0.3) is 0 Å². The predicted molar refractivity (Wildman–Crippen MR) is 77.7 cm³/mol. The Morgan fingerprint density at radius 2 is 2.14 bits per heavy atom. The van der Waals surface area contributed by atoms with Gasteiger partial charge in [0.25, 0.3) is 0 Å². The Bertz CT molecular complexity index is 501. The Labute approximate surface area is 124 Å². The number of carboxylic acid groups (broad SMARTS) is 1. The van der Waals surface area contributed by atoms with Crippen molar-refractivity contribution in [2.24, 2.45) is 11.8 Å². The van der Waals surface area contributed by atoms with Crippen LogP contribution in [0.3, 0.4) is 0 Å². The van der Waals surface area contributed by atoms with Crippen LogP contribution in [0, 0.1) is 18.8 Å². The SMILES string of the molecule is Cc1ccc(CNC(=O)NCC2CCCC2C(=O)O)cn1. The van der Waals surface area contributed by atoms with Crippen molar-refractivity contribution in [3.05, 3.63) is 29.6 Å². The summed E-state index contributed by atoms with van der Waals surface area (Å²) in [6.45, 7) is 2.73. The third-order valence-electron chi connectivity index (χ3n) is 3.93. The molecule has 2 rings (SSSR count). The van der Waals surface area contributed by atoms with E-state index in [2.05, 4.69) is 15.6 Å². The molecule has 0 saturated heterocycles. The second-order valence-corrected chi connectivity index (χ2v) is 5.51. The second-order valence-electron chi connectivity index (χ2n) is 5.51. The van der Waals surface area contributed by atoms with Crippen LogP contribution in [0.4, 0.5) is 4.79 Å². The van der Waals surface area contributed by atoms with Gasteiger partial charge in [0.2, 0.25) is 0 Å². The molecule has 114 valence electrons. The van der Waals surface area contributed by atoms with Crippen molar-refractivity contribution >= 4 is 12.0 Å². The topological polar surface area (TPSA) is 91.3 Å². The van der Waals surface area contributed by atoms with E-state index in [4.69, 9.17) is 5.11 Å². The summed E-state index contributed by atoms with van der Waals surface area (Å²) < 4.78 is 0. The average molecular weight is 291 g/mol. The number of nitrogens with zero attached hydrogens (tertiary/aromatic N) is 1. The first kappa shape index (κ1) is 15.3. The number of nitrogens with one attached hydrogen (secondary N) is 2. The lowest BCUT2D eigenvalue weighted by molar-refractivity contribution is -0.142. The lowest BCUT2D eigenvalue weighted by Crippen LogP contribution is -2.39. The molecule has 0 aliphatic heterocycles.